The summed E-state index contributed by atoms with van der Waals surface area (Å²) >= 11 is 1.21. The van der Waals surface area contributed by atoms with Crippen LogP contribution in [0.1, 0.15) is 26.4 Å². The maximum atomic E-state index is 13.0. The summed E-state index contributed by atoms with van der Waals surface area (Å²) in [6, 6.07) is 4.14. The van der Waals surface area contributed by atoms with E-state index < -0.39 is 23.5 Å². The molecule has 1 aromatic carbocycles. The van der Waals surface area contributed by atoms with Crippen molar-refractivity contribution in [2.45, 2.75) is 19.6 Å². The van der Waals surface area contributed by atoms with E-state index >= 15 is 0 Å². The quantitative estimate of drug-likeness (QED) is 0.847. The zero-order valence-electron chi connectivity index (χ0n) is 10.9. The first-order valence-corrected chi connectivity index (χ1v) is 6.85. The lowest BCUT2D eigenvalue weighted by atomic mass is 10.1. The van der Waals surface area contributed by atoms with Gasteiger partial charge in [0.2, 0.25) is 0 Å². The van der Waals surface area contributed by atoms with Gasteiger partial charge in [0, 0.05) is 6.54 Å². The van der Waals surface area contributed by atoms with Crippen molar-refractivity contribution in [2.75, 3.05) is 0 Å². The molecule has 0 spiro atoms. The summed E-state index contributed by atoms with van der Waals surface area (Å²) in [7, 11) is 0. The normalized spacial score (nSPS) is 11.5. The van der Waals surface area contributed by atoms with Crippen molar-refractivity contribution >= 4 is 17.2 Å². The predicted molar refractivity (Wildman–Crippen MR) is 71.6 cm³/mol. The van der Waals surface area contributed by atoms with Gasteiger partial charge in [-0.15, -0.1) is 11.3 Å². The summed E-state index contributed by atoms with van der Waals surface area (Å²) in [5, 5.41) is 4.15. The van der Waals surface area contributed by atoms with E-state index in [-0.39, 0.29) is 12.1 Å². The minimum absolute atomic E-state index is 0.175. The average molecular weight is 317 g/mol. The molecular weight excluding hydrogens is 306 g/mol. The molecule has 0 fully saturated rings. The molecule has 0 bridgehead atoms. The fourth-order valence-corrected chi connectivity index (χ4v) is 2.67. The van der Waals surface area contributed by atoms with Gasteiger partial charge in [0.05, 0.1) is 10.4 Å². The van der Waals surface area contributed by atoms with Crippen molar-refractivity contribution in [3.05, 3.63) is 57.0 Å². The van der Waals surface area contributed by atoms with Crippen LogP contribution >= 0.6 is 11.3 Å². The third-order valence-corrected chi connectivity index (χ3v) is 3.90. The van der Waals surface area contributed by atoms with Crippen LogP contribution in [0.15, 0.2) is 29.6 Å². The summed E-state index contributed by atoms with van der Waals surface area (Å²) in [4.78, 5) is 12.3. The van der Waals surface area contributed by atoms with Gasteiger partial charge in [-0.05, 0) is 41.6 Å². The average Bonchev–Trinajstić information content (AvgIpc) is 2.82. The van der Waals surface area contributed by atoms with E-state index in [4.69, 9.17) is 0 Å². The number of alkyl halides is 3. The topological polar surface area (TPSA) is 29.1 Å². The van der Waals surface area contributed by atoms with Crippen molar-refractivity contribution in [1.82, 2.24) is 5.32 Å². The molecule has 2 aromatic rings. The Balaban J connectivity index is 2.17. The highest BCUT2D eigenvalue weighted by atomic mass is 32.1. The SMILES string of the molecule is Cc1ccsc1C(=O)NCc1ccc(F)cc1C(F)(F)F. The van der Waals surface area contributed by atoms with E-state index in [1.807, 2.05) is 0 Å². The second-order valence-electron chi connectivity index (χ2n) is 4.41. The first-order valence-electron chi connectivity index (χ1n) is 5.97. The van der Waals surface area contributed by atoms with E-state index in [1.54, 1.807) is 18.4 Å². The molecule has 0 aliphatic heterocycles. The second-order valence-corrected chi connectivity index (χ2v) is 5.33. The third-order valence-electron chi connectivity index (χ3n) is 2.89. The Bertz CT molecular complexity index is 663. The first-order chi connectivity index (χ1) is 9.79. The molecule has 112 valence electrons. The number of thiophene rings is 1. The number of amides is 1. The number of hydrogen-bond acceptors (Lipinski definition) is 2. The van der Waals surface area contributed by atoms with E-state index in [2.05, 4.69) is 5.32 Å². The van der Waals surface area contributed by atoms with Crippen LogP contribution in [0.5, 0.6) is 0 Å². The molecule has 0 aliphatic carbocycles. The van der Waals surface area contributed by atoms with Gasteiger partial charge in [0.25, 0.3) is 5.91 Å². The molecule has 0 saturated heterocycles. The predicted octanol–water partition coefficient (Wildman–Crippen LogP) is 4.14. The van der Waals surface area contributed by atoms with Crippen LogP contribution in [-0.2, 0) is 12.7 Å². The molecule has 21 heavy (non-hydrogen) atoms. The van der Waals surface area contributed by atoms with Crippen LogP contribution in [0.25, 0.3) is 0 Å². The Morgan fingerprint density at radius 1 is 1.29 bits per heavy atom. The van der Waals surface area contributed by atoms with Gasteiger partial charge >= 0.3 is 6.18 Å². The molecule has 0 atom stereocenters. The summed E-state index contributed by atoms with van der Waals surface area (Å²) < 4.78 is 51.4. The molecule has 0 unspecified atom stereocenters. The lowest BCUT2D eigenvalue weighted by Gasteiger charge is -2.13. The number of aryl methyl sites for hydroxylation is 1. The monoisotopic (exact) mass is 317 g/mol. The lowest BCUT2D eigenvalue weighted by molar-refractivity contribution is -0.138. The number of carbonyl (C=O) groups excluding carboxylic acids is 1. The van der Waals surface area contributed by atoms with Crippen LogP contribution < -0.4 is 5.32 Å². The largest absolute Gasteiger partial charge is 0.416 e. The molecule has 0 radical (unpaired) electrons. The molecule has 1 N–H and O–H groups in total. The highest BCUT2D eigenvalue weighted by Gasteiger charge is 2.33. The first kappa shape index (κ1) is 15.5. The van der Waals surface area contributed by atoms with E-state index in [9.17, 15) is 22.4 Å². The Labute approximate surface area is 122 Å². The molecule has 1 aromatic heterocycles. The van der Waals surface area contributed by atoms with Gasteiger partial charge in [0.1, 0.15) is 5.82 Å². The molecule has 1 heterocycles. The summed E-state index contributed by atoms with van der Waals surface area (Å²) in [6.07, 6.45) is -4.67. The Hall–Kier alpha value is -1.89. The number of hydrogen-bond donors (Lipinski definition) is 1. The van der Waals surface area contributed by atoms with E-state index in [1.165, 1.54) is 11.3 Å². The van der Waals surface area contributed by atoms with Gasteiger partial charge in [-0.3, -0.25) is 4.79 Å². The molecule has 1 amide bonds. The van der Waals surface area contributed by atoms with Crippen molar-refractivity contribution in [1.29, 1.82) is 0 Å². The highest BCUT2D eigenvalue weighted by Crippen LogP contribution is 2.32. The number of benzene rings is 1. The Morgan fingerprint density at radius 3 is 2.57 bits per heavy atom. The molecule has 7 heteroatoms. The van der Waals surface area contributed by atoms with E-state index in [0.29, 0.717) is 10.9 Å². The Kier molecular flexibility index (Phi) is 4.32. The molecule has 0 aliphatic rings. The van der Waals surface area contributed by atoms with Crippen LogP contribution in [0.3, 0.4) is 0 Å². The number of halogens is 4. The summed E-state index contributed by atoms with van der Waals surface area (Å²) in [5.74, 6) is -1.41. The fourth-order valence-electron chi connectivity index (χ4n) is 1.83. The minimum atomic E-state index is -4.67. The molecule has 2 rings (SSSR count). The van der Waals surface area contributed by atoms with Gasteiger partial charge < -0.3 is 5.32 Å². The molecule has 2 nitrogen and oxygen atoms in total. The smallest absolute Gasteiger partial charge is 0.347 e. The van der Waals surface area contributed by atoms with Gasteiger partial charge in [0.15, 0.2) is 0 Å². The van der Waals surface area contributed by atoms with Crippen molar-refractivity contribution in [3.8, 4) is 0 Å². The van der Waals surface area contributed by atoms with Crippen molar-refractivity contribution in [2.24, 2.45) is 0 Å². The van der Waals surface area contributed by atoms with Crippen LogP contribution in [0, 0.1) is 12.7 Å². The van der Waals surface area contributed by atoms with Gasteiger partial charge in [-0.25, -0.2) is 4.39 Å². The Morgan fingerprint density at radius 2 is 2.00 bits per heavy atom. The number of rotatable bonds is 3. The van der Waals surface area contributed by atoms with Crippen molar-refractivity contribution in [3.63, 3.8) is 0 Å². The lowest BCUT2D eigenvalue weighted by Crippen LogP contribution is -2.24. The standard InChI is InChI=1S/C14H11F4NOS/c1-8-4-5-21-12(8)13(20)19-7-9-2-3-10(15)6-11(9)14(16,17)18/h2-6H,7H2,1H3,(H,19,20). The summed E-state index contributed by atoms with van der Waals surface area (Å²) in [6.45, 7) is 1.43. The fraction of sp³-hybridized carbons (Fsp3) is 0.214. The zero-order chi connectivity index (χ0) is 15.6. The maximum absolute atomic E-state index is 13.0. The van der Waals surface area contributed by atoms with Gasteiger partial charge in [-0.2, -0.15) is 13.2 Å². The second kappa shape index (κ2) is 5.85. The number of nitrogens with one attached hydrogen (secondary N) is 1. The van der Waals surface area contributed by atoms with Gasteiger partial charge in [-0.1, -0.05) is 6.07 Å². The minimum Gasteiger partial charge on any atom is -0.347 e. The molecule has 0 saturated carbocycles. The zero-order valence-corrected chi connectivity index (χ0v) is 11.7. The highest BCUT2D eigenvalue weighted by molar-refractivity contribution is 7.12. The van der Waals surface area contributed by atoms with E-state index in [0.717, 1.165) is 17.7 Å². The molecular formula is C14H11F4NOS. The van der Waals surface area contributed by atoms with Crippen LogP contribution in [-0.4, -0.2) is 5.91 Å². The van der Waals surface area contributed by atoms with Crippen LogP contribution in [0.4, 0.5) is 17.6 Å². The third kappa shape index (κ3) is 3.60. The van der Waals surface area contributed by atoms with Crippen molar-refractivity contribution < 1.29 is 22.4 Å². The summed E-state index contributed by atoms with van der Waals surface area (Å²) in [5.41, 5.74) is -0.496. The van der Waals surface area contributed by atoms with Crippen LogP contribution in [0.2, 0.25) is 0 Å². The maximum Gasteiger partial charge on any atom is 0.416 e. The number of carbonyl (C=O) groups is 1.